The van der Waals surface area contributed by atoms with Crippen molar-refractivity contribution >= 4 is 29.9 Å². The molecule has 25 heavy (non-hydrogen) atoms. The van der Waals surface area contributed by atoms with Gasteiger partial charge < -0.3 is 20.3 Å². The lowest BCUT2D eigenvalue weighted by Gasteiger charge is -2.32. The van der Waals surface area contributed by atoms with Crippen LogP contribution in [-0.4, -0.2) is 55.6 Å². The van der Waals surface area contributed by atoms with E-state index < -0.39 is 0 Å². The first kappa shape index (κ1) is 19.7. The minimum absolute atomic E-state index is 0. The van der Waals surface area contributed by atoms with E-state index in [4.69, 9.17) is 4.74 Å². The maximum atomic E-state index is 12.7. The number of amides is 2. The maximum absolute atomic E-state index is 12.7. The van der Waals surface area contributed by atoms with Crippen molar-refractivity contribution in [2.45, 2.75) is 37.8 Å². The third-order valence-corrected chi connectivity index (χ3v) is 4.72. The zero-order chi connectivity index (χ0) is 16.9. The predicted molar refractivity (Wildman–Crippen MR) is 99.3 cm³/mol. The Kier molecular flexibility index (Phi) is 7.23. The van der Waals surface area contributed by atoms with Crippen LogP contribution in [0.1, 0.15) is 36.0 Å². The molecule has 1 aromatic rings. The van der Waals surface area contributed by atoms with Crippen LogP contribution in [-0.2, 0) is 9.53 Å². The van der Waals surface area contributed by atoms with Crippen LogP contribution in [0.4, 0.5) is 5.69 Å². The second-order valence-corrected chi connectivity index (χ2v) is 6.45. The first-order valence-electron chi connectivity index (χ1n) is 8.66. The van der Waals surface area contributed by atoms with Gasteiger partial charge in [0, 0.05) is 37.0 Å². The van der Waals surface area contributed by atoms with Crippen molar-refractivity contribution in [1.82, 2.24) is 10.2 Å². The Hall–Kier alpha value is -1.63. The Morgan fingerprint density at radius 1 is 1.24 bits per heavy atom. The molecule has 2 unspecified atom stereocenters. The predicted octanol–water partition coefficient (Wildman–Crippen LogP) is 2.05. The Morgan fingerprint density at radius 2 is 2.08 bits per heavy atom. The summed E-state index contributed by atoms with van der Waals surface area (Å²) in [5.74, 6) is -0.117. The van der Waals surface area contributed by atoms with E-state index in [9.17, 15) is 9.59 Å². The molecular weight excluding hydrogens is 342 g/mol. The van der Waals surface area contributed by atoms with E-state index in [2.05, 4.69) is 10.6 Å². The van der Waals surface area contributed by atoms with Gasteiger partial charge in [0.1, 0.15) is 6.10 Å². The molecule has 2 fully saturated rings. The van der Waals surface area contributed by atoms with Crippen LogP contribution in [0.3, 0.4) is 0 Å². The van der Waals surface area contributed by atoms with Crippen molar-refractivity contribution in [3.63, 3.8) is 0 Å². The maximum Gasteiger partial charge on any atom is 0.253 e. The third kappa shape index (κ3) is 4.93. The molecule has 0 aromatic heterocycles. The van der Waals surface area contributed by atoms with Crippen molar-refractivity contribution in [2.24, 2.45) is 0 Å². The van der Waals surface area contributed by atoms with E-state index in [0.717, 1.165) is 38.8 Å². The molecule has 2 heterocycles. The highest BCUT2D eigenvalue weighted by atomic mass is 35.5. The summed E-state index contributed by atoms with van der Waals surface area (Å²) in [6.07, 6.45) is 3.40. The van der Waals surface area contributed by atoms with Crippen LogP contribution in [0, 0.1) is 0 Å². The monoisotopic (exact) mass is 367 g/mol. The molecular formula is C18H26ClN3O3. The van der Waals surface area contributed by atoms with Crippen LogP contribution in [0.5, 0.6) is 0 Å². The molecule has 2 aliphatic rings. The smallest absolute Gasteiger partial charge is 0.253 e. The number of hydrogen-bond donors (Lipinski definition) is 2. The number of benzene rings is 1. The van der Waals surface area contributed by atoms with E-state index in [-0.39, 0.29) is 30.3 Å². The Bertz CT molecular complexity index is 605. The number of ether oxygens (including phenoxy) is 1. The molecule has 2 N–H and O–H groups in total. The number of nitrogens with zero attached hydrogens (tertiary/aromatic N) is 1. The van der Waals surface area contributed by atoms with E-state index in [0.29, 0.717) is 23.9 Å². The highest BCUT2D eigenvalue weighted by molar-refractivity contribution is 5.98. The Morgan fingerprint density at radius 3 is 2.80 bits per heavy atom. The van der Waals surface area contributed by atoms with E-state index in [1.807, 2.05) is 11.9 Å². The summed E-state index contributed by atoms with van der Waals surface area (Å²) in [5.41, 5.74) is 1.25. The Balaban J connectivity index is 0.00000225. The first-order valence-corrected chi connectivity index (χ1v) is 8.66. The van der Waals surface area contributed by atoms with E-state index in [1.165, 1.54) is 0 Å². The number of likely N-dealkylation sites (tertiary alicyclic amines) is 1. The van der Waals surface area contributed by atoms with Crippen molar-refractivity contribution in [3.05, 3.63) is 29.8 Å². The fourth-order valence-corrected chi connectivity index (χ4v) is 3.32. The number of carbonyl (C=O) groups is 2. The lowest BCUT2D eigenvalue weighted by molar-refractivity contribution is -0.124. The fraction of sp³-hybridized carbons (Fsp3) is 0.556. The molecule has 2 saturated heterocycles. The van der Waals surface area contributed by atoms with Gasteiger partial charge in [0.05, 0.1) is 0 Å². The zero-order valence-electron chi connectivity index (χ0n) is 14.5. The topological polar surface area (TPSA) is 70.7 Å². The number of halogens is 1. The molecule has 7 heteroatoms. The van der Waals surface area contributed by atoms with E-state index in [1.54, 1.807) is 24.3 Å². The summed E-state index contributed by atoms with van der Waals surface area (Å²) < 4.78 is 5.39. The summed E-state index contributed by atoms with van der Waals surface area (Å²) >= 11 is 0. The highest BCUT2D eigenvalue weighted by Gasteiger charge is 2.25. The molecule has 6 nitrogen and oxygen atoms in total. The molecule has 2 atom stereocenters. The molecule has 0 spiro atoms. The van der Waals surface area contributed by atoms with Gasteiger partial charge in [-0.05, 0) is 50.9 Å². The number of anilines is 1. The number of nitrogens with one attached hydrogen (secondary N) is 2. The van der Waals surface area contributed by atoms with Gasteiger partial charge in [-0.1, -0.05) is 6.07 Å². The van der Waals surface area contributed by atoms with Crippen LogP contribution in [0.25, 0.3) is 0 Å². The summed E-state index contributed by atoms with van der Waals surface area (Å²) in [6.45, 7) is 2.14. The average Bonchev–Trinajstić information content (AvgIpc) is 3.16. The zero-order valence-corrected chi connectivity index (χ0v) is 15.3. The molecule has 2 aliphatic heterocycles. The number of piperidine rings is 1. The molecule has 0 saturated carbocycles. The van der Waals surface area contributed by atoms with Gasteiger partial charge in [-0.3, -0.25) is 9.59 Å². The average molecular weight is 368 g/mol. The van der Waals surface area contributed by atoms with Crippen LogP contribution >= 0.6 is 12.4 Å². The largest absolute Gasteiger partial charge is 0.368 e. The van der Waals surface area contributed by atoms with Gasteiger partial charge in [-0.15, -0.1) is 12.4 Å². The van der Waals surface area contributed by atoms with Gasteiger partial charge >= 0.3 is 0 Å². The standard InChI is InChI=1S/C18H25N3O3.ClH/c1-19-15-7-3-9-21(12-15)18(23)13-5-2-6-14(11-13)20-17(22)16-8-4-10-24-16;/h2,5-6,11,15-16,19H,3-4,7-10,12H2,1H3,(H,20,22);1H. The quantitative estimate of drug-likeness (QED) is 0.854. The van der Waals surface area contributed by atoms with Crippen LogP contribution in [0.15, 0.2) is 24.3 Å². The number of carbonyl (C=O) groups excluding carboxylic acids is 2. The van der Waals surface area contributed by atoms with E-state index >= 15 is 0 Å². The number of likely N-dealkylation sites (N-methyl/N-ethyl adjacent to an activating group) is 1. The summed E-state index contributed by atoms with van der Waals surface area (Å²) in [6, 6.07) is 7.50. The second kappa shape index (κ2) is 9.17. The molecule has 0 aliphatic carbocycles. The molecule has 1 aromatic carbocycles. The van der Waals surface area contributed by atoms with Crippen molar-refractivity contribution in [2.75, 3.05) is 32.1 Å². The van der Waals surface area contributed by atoms with Crippen molar-refractivity contribution in [3.8, 4) is 0 Å². The normalized spacial score (nSPS) is 23.0. The van der Waals surface area contributed by atoms with Crippen molar-refractivity contribution < 1.29 is 14.3 Å². The number of rotatable bonds is 4. The first-order chi connectivity index (χ1) is 11.7. The van der Waals surface area contributed by atoms with Gasteiger partial charge in [0.2, 0.25) is 0 Å². The SMILES string of the molecule is CNC1CCCN(C(=O)c2cccc(NC(=O)C3CCCO3)c2)C1.Cl. The highest BCUT2D eigenvalue weighted by Crippen LogP contribution is 2.18. The molecule has 0 bridgehead atoms. The van der Waals surface area contributed by atoms with Gasteiger partial charge in [0.15, 0.2) is 0 Å². The van der Waals surface area contributed by atoms with Gasteiger partial charge in [0.25, 0.3) is 11.8 Å². The van der Waals surface area contributed by atoms with Gasteiger partial charge in [-0.2, -0.15) is 0 Å². The Labute approximate surface area is 154 Å². The summed E-state index contributed by atoms with van der Waals surface area (Å²) in [4.78, 5) is 26.7. The molecule has 138 valence electrons. The summed E-state index contributed by atoms with van der Waals surface area (Å²) in [5, 5.41) is 6.10. The second-order valence-electron chi connectivity index (χ2n) is 6.45. The number of hydrogen-bond acceptors (Lipinski definition) is 4. The lowest BCUT2D eigenvalue weighted by Crippen LogP contribution is -2.46. The van der Waals surface area contributed by atoms with Crippen LogP contribution in [0.2, 0.25) is 0 Å². The molecule has 0 radical (unpaired) electrons. The van der Waals surface area contributed by atoms with Crippen molar-refractivity contribution in [1.29, 1.82) is 0 Å². The molecule has 2 amide bonds. The van der Waals surface area contributed by atoms with Gasteiger partial charge in [-0.25, -0.2) is 0 Å². The third-order valence-electron chi connectivity index (χ3n) is 4.72. The molecule has 3 rings (SSSR count). The lowest BCUT2D eigenvalue weighted by atomic mass is 10.0. The summed E-state index contributed by atoms with van der Waals surface area (Å²) in [7, 11) is 1.93. The fourth-order valence-electron chi connectivity index (χ4n) is 3.32. The minimum Gasteiger partial charge on any atom is -0.368 e. The van der Waals surface area contributed by atoms with Crippen LogP contribution < -0.4 is 10.6 Å². The minimum atomic E-state index is -0.372.